The van der Waals surface area contributed by atoms with E-state index in [2.05, 4.69) is 20.6 Å². The molecule has 0 aliphatic rings. The number of hydrogen-bond donors (Lipinski definition) is 4. The molecule has 0 saturated heterocycles. The number of carbonyl (C=O) groups excluding carboxylic acids is 2. The summed E-state index contributed by atoms with van der Waals surface area (Å²) in [5.41, 5.74) is 12.3. The van der Waals surface area contributed by atoms with E-state index >= 15 is 0 Å². The Hall–Kier alpha value is -4.60. The lowest BCUT2D eigenvalue weighted by Crippen LogP contribution is -2.26. The van der Waals surface area contributed by atoms with Gasteiger partial charge in [0.15, 0.2) is 17.4 Å². The van der Waals surface area contributed by atoms with E-state index in [4.69, 9.17) is 20.6 Å². The topological polar surface area (TPSA) is 158 Å². The molecule has 0 bridgehead atoms. The van der Waals surface area contributed by atoms with Crippen molar-refractivity contribution in [2.75, 3.05) is 20.2 Å². The highest BCUT2D eigenvalue weighted by Gasteiger charge is 2.24. The first-order valence-corrected chi connectivity index (χ1v) is 12.4. The standard InChI is InChI=1S/C28H34N6O4/c1-18(2)16-22(33-25(35)20-12-9-13-21(17-20)37-3)27-34-23(24(38-27)19-10-5-4-6-11-19)26(36)31-14-7-8-15-32-28(29)30/h4-6,9-13,16-18H,7-8,14-15H2,1-3H3,(H,31,36)(H,33,35)(H4,29,30,32)/b22-16+. The molecular weight excluding hydrogens is 484 g/mol. The molecule has 1 heterocycles. The van der Waals surface area contributed by atoms with Crippen molar-refractivity contribution in [1.82, 2.24) is 15.6 Å². The number of nitrogens with one attached hydrogen (secondary N) is 2. The summed E-state index contributed by atoms with van der Waals surface area (Å²) in [5, 5.41) is 5.76. The molecule has 0 aliphatic heterocycles. The zero-order valence-electron chi connectivity index (χ0n) is 21.9. The number of amides is 2. The van der Waals surface area contributed by atoms with E-state index in [0.717, 1.165) is 0 Å². The quantitative estimate of drug-likeness (QED) is 0.162. The van der Waals surface area contributed by atoms with E-state index in [1.165, 1.54) is 7.11 Å². The average molecular weight is 519 g/mol. The van der Waals surface area contributed by atoms with Crippen molar-refractivity contribution in [3.8, 4) is 17.1 Å². The van der Waals surface area contributed by atoms with Crippen LogP contribution in [0.1, 0.15) is 53.4 Å². The fraction of sp³-hybridized carbons (Fsp3) is 0.286. The highest BCUT2D eigenvalue weighted by atomic mass is 16.5. The van der Waals surface area contributed by atoms with Gasteiger partial charge in [0.25, 0.3) is 11.8 Å². The van der Waals surface area contributed by atoms with Gasteiger partial charge in [-0.15, -0.1) is 0 Å². The molecule has 0 spiro atoms. The van der Waals surface area contributed by atoms with Crippen molar-refractivity contribution in [3.05, 3.63) is 77.8 Å². The minimum absolute atomic E-state index is 0.0421. The van der Waals surface area contributed by atoms with Gasteiger partial charge >= 0.3 is 0 Å². The summed E-state index contributed by atoms with van der Waals surface area (Å²) in [7, 11) is 1.54. The first kappa shape index (κ1) is 28.0. The van der Waals surface area contributed by atoms with Gasteiger partial charge in [-0.3, -0.25) is 14.6 Å². The van der Waals surface area contributed by atoms with E-state index < -0.39 is 0 Å². The van der Waals surface area contributed by atoms with E-state index in [1.54, 1.807) is 24.3 Å². The van der Waals surface area contributed by atoms with E-state index in [9.17, 15) is 9.59 Å². The molecule has 0 saturated carbocycles. The minimum Gasteiger partial charge on any atom is -0.497 e. The van der Waals surface area contributed by atoms with Crippen LogP contribution in [0.3, 0.4) is 0 Å². The molecule has 10 nitrogen and oxygen atoms in total. The third-order valence-electron chi connectivity index (χ3n) is 5.35. The number of guanidine groups is 1. The number of carbonyl (C=O) groups is 2. The number of allylic oxidation sites excluding steroid dienone is 1. The maximum atomic E-state index is 13.1. The van der Waals surface area contributed by atoms with Crippen LogP contribution in [0.5, 0.6) is 5.75 Å². The number of oxazole rings is 1. The Bertz CT molecular complexity index is 1290. The second-order valence-corrected chi connectivity index (χ2v) is 8.84. The maximum absolute atomic E-state index is 13.1. The Morgan fingerprint density at radius 1 is 1.08 bits per heavy atom. The van der Waals surface area contributed by atoms with Crippen LogP contribution in [-0.2, 0) is 0 Å². The number of aromatic nitrogens is 1. The van der Waals surface area contributed by atoms with Gasteiger partial charge in [0.05, 0.1) is 7.11 Å². The van der Waals surface area contributed by atoms with Crippen molar-refractivity contribution in [2.24, 2.45) is 22.4 Å². The van der Waals surface area contributed by atoms with Crippen molar-refractivity contribution in [3.63, 3.8) is 0 Å². The van der Waals surface area contributed by atoms with Crippen LogP contribution in [0.4, 0.5) is 0 Å². The van der Waals surface area contributed by atoms with Gasteiger partial charge in [-0.2, -0.15) is 0 Å². The number of rotatable bonds is 12. The van der Waals surface area contributed by atoms with Gasteiger partial charge in [0.1, 0.15) is 11.4 Å². The first-order chi connectivity index (χ1) is 18.3. The number of nitrogens with zero attached hydrogens (tertiary/aromatic N) is 2. The van der Waals surface area contributed by atoms with Crippen molar-refractivity contribution >= 4 is 23.5 Å². The van der Waals surface area contributed by atoms with Crippen LogP contribution in [0.15, 0.2) is 70.1 Å². The molecule has 200 valence electrons. The highest BCUT2D eigenvalue weighted by molar-refractivity contribution is 6.00. The molecule has 10 heteroatoms. The summed E-state index contributed by atoms with van der Waals surface area (Å²) in [4.78, 5) is 34.6. The summed E-state index contributed by atoms with van der Waals surface area (Å²) in [6.45, 7) is 4.83. The predicted molar refractivity (Wildman–Crippen MR) is 147 cm³/mol. The molecule has 38 heavy (non-hydrogen) atoms. The molecule has 0 fully saturated rings. The molecule has 2 amide bonds. The zero-order chi connectivity index (χ0) is 27.5. The summed E-state index contributed by atoms with van der Waals surface area (Å²) in [6, 6.07) is 16.0. The van der Waals surface area contributed by atoms with Gasteiger partial charge in [-0.1, -0.05) is 56.3 Å². The molecule has 0 unspecified atom stereocenters. The van der Waals surface area contributed by atoms with Gasteiger partial charge in [0.2, 0.25) is 5.89 Å². The number of methoxy groups -OCH3 is 1. The van der Waals surface area contributed by atoms with Crippen molar-refractivity contribution in [1.29, 1.82) is 0 Å². The summed E-state index contributed by atoms with van der Waals surface area (Å²) < 4.78 is 11.3. The average Bonchev–Trinajstić information content (AvgIpc) is 3.36. The Balaban J connectivity index is 1.88. The SMILES string of the molecule is COc1cccc(C(=O)N/C(=C/C(C)C)c2nc(C(=O)NCCCCN=C(N)N)c(-c3ccccc3)o2)c1. The number of hydrogen-bond acceptors (Lipinski definition) is 6. The maximum Gasteiger partial charge on any atom is 0.273 e. The first-order valence-electron chi connectivity index (χ1n) is 12.4. The molecular formula is C28H34N6O4. The second kappa shape index (κ2) is 13.6. The number of unbranched alkanes of at least 4 members (excludes halogenated alkanes) is 1. The van der Waals surface area contributed by atoms with E-state index in [0.29, 0.717) is 54.3 Å². The number of aliphatic imine (C=N–C) groups is 1. The molecule has 1 aromatic heterocycles. The van der Waals surface area contributed by atoms with E-state index in [1.807, 2.05) is 50.3 Å². The monoisotopic (exact) mass is 518 g/mol. The lowest BCUT2D eigenvalue weighted by molar-refractivity contribution is 0.0947. The molecule has 3 rings (SSSR count). The fourth-order valence-electron chi connectivity index (χ4n) is 3.56. The number of benzene rings is 2. The van der Waals surface area contributed by atoms with Crippen LogP contribution >= 0.6 is 0 Å². The molecule has 0 aliphatic carbocycles. The van der Waals surface area contributed by atoms with Crippen LogP contribution in [0, 0.1) is 5.92 Å². The summed E-state index contributed by atoms with van der Waals surface area (Å²) >= 11 is 0. The van der Waals surface area contributed by atoms with Crippen LogP contribution in [0.2, 0.25) is 0 Å². The minimum atomic E-state index is -0.385. The van der Waals surface area contributed by atoms with Crippen LogP contribution < -0.4 is 26.8 Å². The smallest absolute Gasteiger partial charge is 0.273 e. The fourth-order valence-corrected chi connectivity index (χ4v) is 3.56. The number of nitrogens with two attached hydrogens (primary N) is 2. The zero-order valence-corrected chi connectivity index (χ0v) is 21.9. The Labute approximate surface area is 222 Å². The third-order valence-corrected chi connectivity index (χ3v) is 5.35. The Morgan fingerprint density at radius 3 is 2.53 bits per heavy atom. The van der Waals surface area contributed by atoms with E-state index in [-0.39, 0.29) is 35.3 Å². The van der Waals surface area contributed by atoms with Crippen LogP contribution in [0.25, 0.3) is 17.0 Å². The third kappa shape index (κ3) is 7.95. The Morgan fingerprint density at radius 2 is 1.84 bits per heavy atom. The van der Waals surface area contributed by atoms with Crippen LogP contribution in [-0.4, -0.2) is 43.0 Å². The summed E-state index contributed by atoms with van der Waals surface area (Å²) in [5.74, 6) is 0.360. The summed E-state index contributed by atoms with van der Waals surface area (Å²) in [6.07, 6.45) is 3.22. The molecule has 6 N–H and O–H groups in total. The van der Waals surface area contributed by atoms with Gasteiger partial charge < -0.3 is 31.3 Å². The van der Waals surface area contributed by atoms with Gasteiger partial charge in [-0.25, -0.2) is 4.98 Å². The molecule has 3 aromatic rings. The van der Waals surface area contributed by atoms with Gasteiger partial charge in [-0.05, 0) is 37.0 Å². The van der Waals surface area contributed by atoms with Gasteiger partial charge in [0, 0.05) is 24.2 Å². The Kier molecular flexibility index (Phi) is 10.0. The van der Waals surface area contributed by atoms with Crippen molar-refractivity contribution in [2.45, 2.75) is 26.7 Å². The lowest BCUT2D eigenvalue weighted by atomic mass is 10.1. The van der Waals surface area contributed by atoms with Crippen molar-refractivity contribution < 1.29 is 18.7 Å². The second-order valence-electron chi connectivity index (χ2n) is 8.84. The molecule has 2 aromatic carbocycles. The number of ether oxygens (including phenoxy) is 1. The predicted octanol–water partition coefficient (Wildman–Crippen LogP) is 3.56. The largest absolute Gasteiger partial charge is 0.497 e. The lowest BCUT2D eigenvalue weighted by Gasteiger charge is -2.09. The molecule has 0 radical (unpaired) electrons. The normalized spacial score (nSPS) is 11.2. The highest BCUT2D eigenvalue weighted by Crippen LogP contribution is 2.28. The molecule has 0 atom stereocenters.